The first-order valence-electron chi connectivity index (χ1n) is 6.48. The second-order valence-corrected chi connectivity index (χ2v) is 4.13. The summed E-state index contributed by atoms with van der Waals surface area (Å²) >= 11 is 0. The van der Waals surface area contributed by atoms with Crippen LogP contribution in [-0.4, -0.2) is 37.7 Å². The molecule has 0 spiro atoms. The van der Waals surface area contributed by atoms with Gasteiger partial charge in [-0.2, -0.15) is 0 Å². The van der Waals surface area contributed by atoms with Gasteiger partial charge in [0.25, 0.3) is 0 Å². The molecule has 3 heteroatoms. The fraction of sp³-hybridized carbons (Fsp3) is 1.00. The summed E-state index contributed by atoms with van der Waals surface area (Å²) in [5.74, 6) is 0. The molecule has 0 aliphatic rings. The van der Waals surface area contributed by atoms with Crippen LogP contribution < -0.4 is 11.1 Å². The number of nitrogens with two attached hydrogens (primary N) is 1. The summed E-state index contributed by atoms with van der Waals surface area (Å²) in [6.07, 6.45) is 6.26. The lowest BCUT2D eigenvalue weighted by Gasteiger charge is -2.22. The van der Waals surface area contributed by atoms with Gasteiger partial charge in [0, 0.05) is 6.67 Å². The first kappa shape index (κ1) is 14.9. The minimum Gasteiger partial charge on any atom is -0.330 e. The van der Waals surface area contributed by atoms with E-state index in [0.717, 1.165) is 26.2 Å². The van der Waals surface area contributed by atoms with Gasteiger partial charge in [0.1, 0.15) is 0 Å². The Morgan fingerprint density at radius 1 is 1.00 bits per heavy atom. The van der Waals surface area contributed by atoms with Crippen molar-refractivity contribution in [3.8, 4) is 0 Å². The lowest BCUT2D eigenvalue weighted by molar-refractivity contribution is 0.245. The van der Waals surface area contributed by atoms with Gasteiger partial charge in [0.2, 0.25) is 0 Å². The maximum Gasteiger partial charge on any atom is 0.0480 e. The average Bonchev–Trinajstić information content (AvgIpc) is 2.27. The van der Waals surface area contributed by atoms with Gasteiger partial charge in [-0.05, 0) is 45.4 Å². The summed E-state index contributed by atoms with van der Waals surface area (Å²) in [6.45, 7) is 9.82. The Bertz CT molecular complexity index is 109. The van der Waals surface area contributed by atoms with Crippen LogP contribution in [0.3, 0.4) is 0 Å². The van der Waals surface area contributed by atoms with Crippen LogP contribution in [0.25, 0.3) is 0 Å². The lowest BCUT2D eigenvalue weighted by atomic mass is 10.3. The van der Waals surface area contributed by atoms with E-state index in [1.165, 1.54) is 38.8 Å². The number of nitrogens with zero attached hydrogens (tertiary/aromatic N) is 1. The van der Waals surface area contributed by atoms with Crippen LogP contribution in [0.5, 0.6) is 0 Å². The van der Waals surface area contributed by atoms with E-state index >= 15 is 0 Å². The van der Waals surface area contributed by atoms with Gasteiger partial charge >= 0.3 is 0 Å². The molecule has 3 nitrogen and oxygen atoms in total. The number of hydrogen-bond donors (Lipinski definition) is 2. The SMILES string of the molecule is CCCCN(CCCC)CNCCCN. The monoisotopic (exact) mass is 215 g/mol. The zero-order valence-corrected chi connectivity index (χ0v) is 10.6. The highest BCUT2D eigenvalue weighted by atomic mass is 15.2. The molecule has 0 heterocycles. The Balaban J connectivity index is 3.49. The molecule has 0 fully saturated rings. The zero-order chi connectivity index (χ0) is 11.4. The maximum absolute atomic E-state index is 5.45. The molecule has 3 N–H and O–H groups in total. The van der Waals surface area contributed by atoms with Crippen LogP contribution in [0, 0.1) is 0 Å². The summed E-state index contributed by atoms with van der Waals surface area (Å²) in [7, 11) is 0. The summed E-state index contributed by atoms with van der Waals surface area (Å²) < 4.78 is 0. The predicted molar refractivity (Wildman–Crippen MR) is 67.9 cm³/mol. The van der Waals surface area contributed by atoms with Gasteiger partial charge in [-0.15, -0.1) is 0 Å². The largest absolute Gasteiger partial charge is 0.330 e. The highest BCUT2D eigenvalue weighted by Crippen LogP contribution is 1.97. The minimum atomic E-state index is 0.789. The summed E-state index contributed by atoms with van der Waals surface area (Å²) in [4.78, 5) is 2.52. The molecule has 0 bridgehead atoms. The molecule has 0 amide bonds. The minimum absolute atomic E-state index is 0.789. The molecule has 0 aromatic rings. The van der Waals surface area contributed by atoms with Crippen molar-refractivity contribution >= 4 is 0 Å². The van der Waals surface area contributed by atoms with E-state index in [-0.39, 0.29) is 0 Å². The van der Waals surface area contributed by atoms with E-state index in [0.29, 0.717) is 0 Å². The number of unbranched alkanes of at least 4 members (excludes halogenated alkanes) is 2. The zero-order valence-electron chi connectivity index (χ0n) is 10.6. The van der Waals surface area contributed by atoms with Crippen LogP contribution in [0.4, 0.5) is 0 Å². The molecule has 92 valence electrons. The molecule has 0 rings (SSSR count). The number of rotatable bonds is 11. The molecule has 0 radical (unpaired) electrons. The van der Waals surface area contributed by atoms with Gasteiger partial charge in [-0.1, -0.05) is 26.7 Å². The Kier molecular flexibility index (Phi) is 11.9. The van der Waals surface area contributed by atoms with Crippen molar-refractivity contribution in [3.63, 3.8) is 0 Å². The molecule has 15 heavy (non-hydrogen) atoms. The second kappa shape index (κ2) is 12.0. The molecular formula is C12H29N3. The van der Waals surface area contributed by atoms with Crippen molar-refractivity contribution in [3.05, 3.63) is 0 Å². The molecule has 0 aliphatic heterocycles. The van der Waals surface area contributed by atoms with Crippen LogP contribution in [-0.2, 0) is 0 Å². The van der Waals surface area contributed by atoms with Crippen molar-refractivity contribution in [2.24, 2.45) is 5.73 Å². The first-order chi connectivity index (χ1) is 7.35. The van der Waals surface area contributed by atoms with Crippen molar-refractivity contribution in [1.82, 2.24) is 10.2 Å². The van der Waals surface area contributed by atoms with Crippen molar-refractivity contribution in [1.29, 1.82) is 0 Å². The summed E-state index contributed by atoms with van der Waals surface area (Å²) in [6, 6.07) is 0. The van der Waals surface area contributed by atoms with Gasteiger partial charge in [0.15, 0.2) is 0 Å². The molecule has 0 saturated carbocycles. The molecule has 0 saturated heterocycles. The van der Waals surface area contributed by atoms with Gasteiger partial charge in [-0.3, -0.25) is 4.90 Å². The van der Waals surface area contributed by atoms with E-state index < -0.39 is 0 Å². The van der Waals surface area contributed by atoms with Crippen LogP contribution >= 0.6 is 0 Å². The fourth-order valence-electron chi connectivity index (χ4n) is 1.50. The predicted octanol–water partition coefficient (Wildman–Crippen LogP) is 1.78. The lowest BCUT2D eigenvalue weighted by Crippen LogP contribution is -2.36. The first-order valence-corrected chi connectivity index (χ1v) is 6.48. The van der Waals surface area contributed by atoms with Crippen molar-refractivity contribution in [2.45, 2.75) is 46.0 Å². The highest BCUT2D eigenvalue weighted by Gasteiger charge is 2.02. The third-order valence-corrected chi connectivity index (χ3v) is 2.55. The molecule has 0 aromatic heterocycles. The maximum atomic E-state index is 5.45. The van der Waals surface area contributed by atoms with E-state index in [1.807, 2.05) is 0 Å². The van der Waals surface area contributed by atoms with Gasteiger partial charge in [-0.25, -0.2) is 0 Å². The van der Waals surface area contributed by atoms with Crippen molar-refractivity contribution in [2.75, 3.05) is 32.8 Å². The third-order valence-electron chi connectivity index (χ3n) is 2.55. The Hall–Kier alpha value is -0.120. The standard InChI is InChI=1S/C12H29N3/c1-3-5-10-15(11-6-4-2)12-14-9-7-8-13/h14H,3-13H2,1-2H3. The third kappa shape index (κ3) is 10.2. The summed E-state index contributed by atoms with van der Waals surface area (Å²) in [5, 5.41) is 3.45. The molecule has 0 aliphatic carbocycles. The van der Waals surface area contributed by atoms with Crippen LogP contribution in [0.1, 0.15) is 46.0 Å². The highest BCUT2D eigenvalue weighted by molar-refractivity contribution is 4.57. The quantitative estimate of drug-likeness (QED) is 0.408. The molecule has 0 aromatic carbocycles. The summed E-state index contributed by atoms with van der Waals surface area (Å²) in [5.41, 5.74) is 5.45. The molecular weight excluding hydrogens is 186 g/mol. The van der Waals surface area contributed by atoms with E-state index in [1.54, 1.807) is 0 Å². The van der Waals surface area contributed by atoms with Crippen LogP contribution in [0.2, 0.25) is 0 Å². The van der Waals surface area contributed by atoms with Crippen molar-refractivity contribution < 1.29 is 0 Å². The van der Waals surface area contributed by atoms with E-state index in [9.17, 15) is 0 Å². The molecule has 0 atom stereocenters. The van der Waals surface area contributed by atoms with E-state index in [2.05, 4.69) is 24.1 Å². The fourth-order valence-corrected chi connectivity index (χ4v) is 1.50. The van der Waals surface area contributed by atoms with E-state index in [4.69, 9.17) is 5.73 Å². The topological polar surface area (TPSA) is 41.3 Å². The van der Waals surface area contributed by atoms with Gasteiger partial charge < -0.3 is 11.1 Å². The van der Waals surface area contributed by atoms with Crippen LogP contribution in [0.15, 0.2) is 0 Å². The van der Waals surface area contributed by atoms with Gasteiger partial charge in [0.05, 0.1) is 0 Å². The second-order valence-electron chi connectivity index (χ2n) is 4.13. The Morgan fingerprint density at radius 3 is 2.07 bits per heavy atom. The molecule has 0 unspecified atom stereocenters. The Labute approximate surface area is 95.4 Å². The average molecular weight is 215 g/mol. The normalized spacial score (nSPS) is 11.2. The number of hydrogen-bond acceptors (Lipinski definition) is 3. The Morgan fingerprint density at radius 2 is 1.60 bits per heavy atom. The number of nitrogens with one attached hydrogen (secondary N) is 1. The smallest absolute Gasteiger partial charge is 0.0480 e.